The molecule has 0 saturated carbocycles. The first-order valence-corrected chi connectivity index (χ1v) is 7.42. The summed E-state index contributed by atoms with van der Waals surface area (Å²) in [6.07, 6.45) is 3.15. The fourth-order valence-corrected chi connectivity index (χ4v) is 2.74. The number of aromatic nitrogens is 2. The molecule has 0 bridgehead atoms. The van der Waals surface area contributed by atoms with Crippen LogP contribution in [0.25, 0.3) is 0 Å². The maximum Gasteiger partial charge on any atom is 0.0766 e. The van der Waals surface area contributed by atoms with Gasteiger partial charge in [-0.15, -0.1) is 0 Å². The molecule has 0 fully saturated rings. The summed E-state index contributed by atoms with van der Waals surface area (Å²) < 4.78 is 2.94. The van der Waals surface area contributed by atoms with Gasteiger partial charge in [-0.2, -0.15) is 5.10 Å². The second kappa shape index (κ2) is 6.20. The van der Waals surface area contributed by atoms with Crippen molar-refractivity contribution in [1.29, 1.82) is 0 Å². The molecule has 1 unspecified atom stereocenters. The van der Waals surface area contributed by atoms with Gasteiger partial charge in [-0.05, 0) is 40.6 Å². The van der Waals surface area contributed by atoms with E-state index in [2.05, 4.69) is 48.7 Å². The highest BCUT2D eigenvalue weighted by Gasteiger charge is 2.18. The van der Waals surface area contributed by atoms with Crippen LogP contribution in [0.2, 0.25) is 0 Å². The van der Waals surface area contributed by atoms with Crippen molar-refractivity contribution in [2.24, 2.45) is 12.5 Å². The summed E-state index contributed by atoms with van der Waals surface area (Å²) in [5, 5.41) is 14.6. The van der Waals surface area contributed by atoms with Gasteiger partial charge in [0.1, 0.15) is 0 Å². The summed E-state index contributed by atoms with van der Waals surface area (Å²) in [5.41, 5.74) is 2.43. The van der Waals surface area contributed by atoms with E-state index in [1.54, 1.807) is 0 Å². The van der Waals surface area contributed by atoms with E-state index in [1.807, 2.05) is 11.7 Å². The van der Waals surface area contributed by atoms with E-state index in [0.29, 0.717) is 6.42 Å². The molecule has 1 N–H and O–H groups in total. The highest BCUT2D eigenvalue weighted by atomic mass is 79.9. The van der Waals surface area contributed by atoms with E-state index >= 15 is 0 Å². The second-order valence-electron chi connectivity index (χ2n) is 6.14. The third-order valence-electron chi connectivity index (χ3n) is 3.16. The van der Waals surface area contributed by atoms with Crippen LogP contribution < -0.4 is 0 Å². The van der Waals surface area contributed by atoms with Gasteiger partial charge in [0.15, 0.2) is 0 Å². The number of aryl methyl sites for hydroxylation is 2. The van der Waals surface area contributed by atoms with E-state index in [9.17, 15) is 5.11 Å². The van der Waals surface area contributed by atoms with Crippen LogP contribution in [0.4, 0.5) is 0 Å². The Morgan fingerprint density at radius 2 is 2.00 bits per heavy atom. The first-order chi connectivity index (χ1) is 8.24. The molecular formula is C14H25BrN2O. The Kier molecular flexibility index (Phi) is 5.41. The SMILES string of the molecule is CCc1nn(C)c(CC(O)CCC(C)(C)C)c1Br. The zero-order chi connectivity index (χ0) is 13.9. The predicted octanol–water partition coefficient (Wildman–Crippen LogP) is 3.47. The standard InChI is InChI=1S/C14H25BrN2O/c1-6-11-13(15)12(17(5)16-11)9-10(18)7-8-14(2,3)4/h10,18H,6-9H2,1-5H3. The molecular weight excluding hydrogens is 292 g/mol. The predicted molar refractivity (Wildman–Crippen MR) is 78.7 cm³/mol. The lowest BCUT2D eigenvalue weighted by molar-refractivity contribution is 0.143. The number of rotatable bonds is 5. The Morgan fingerprint density at radius 3 is 2.44 bits per heavy atom. The van der Waals surface area contributed by atoms with Crippen molar-refractivity contribution in [2.75, 3.05) is 0 Å². The van der Waals surface area contributed by atoms with Crippen LogP contribution in [-0.2, 0) is 19.9 Å². The van der Waals surface area contributed by atoms with Gasteiger partial charge in [0, 0.05) is 13.5 Å². The summed E-state index contributed by atoms with van der Waals surface area (Å²) in [7, 11) is 1.94. The number of nitrogens with zero attached hydrogens (tertiary/aromatic N) is 2. The van der Waals surface area contributed by atoms with E-state index < -0.39 is 0 Å². The van der Waals surface area contributed by atoms with Crippen molar-refractivity contribution in [2.45, 2.75) is 59.5 Å². The van der Waals surface area contributed by atoms with Gasteiger partial charge in [-0.3, -0.25) is 4.68 Å². The van der Waals surface area contributed by atoms with Gasteiger partial charge >= 0.3 is 0 Å². The van der Waals surface area contributed by atoms with Gasteiger partial charge in [0.25, 0.3) is 0 Å². The zero-order valence-electron chi connectivity index (χ0n) is 12.1. The van der Waals surface area contributed by atoms with Crippen LogP contribution in [0.5, 0.6) is 0 Å². The van der Waals surface area contributed by atoms with E-state index in [1.165, 1.54) is 0 Å². The van der Waals surface area contributed by atoms with Crippen LogP contribution in [0.3, 0.4) is 0 Å². The Morgan fingerprint density at radius 1 is 1.39 bits per heavy atom. The fraction of sp³-hybridized carbons (Fsp3) is 0.786. The number of aliphatic hydroxyl groups is 1. The molecule has 0 aliphatic carbocycles. The molecule has 1 heterocycles. The molecule has 0 radical (unpaired) electrons. The Labute approximate surface area is 119 Å². The van der Waals surface area contributed by atoms with Crippen LogP contribution >= 0.6 is 15.9 Å². The average Bonchev–Trinajstić information content (AvgIpc) is 2.53. The van der Waals surface area contributed by atoms with Crippen molar-refractivity contribution in [1.82, 2.24) is 9.78 Å². The highest BCUT2D eigenvalue weighted by molar-refractivity contribution is 9.10. The lowest BCUT2D eigenvalue weighted by Crippen LogP contribution is -2.17. The molecule has 1 atom stereocenters. The molecule has 104 valence electrons. The number of aliphatic hydroxyl groups excluding tert-OH is 1. The summed E-state index contributed by atoms with van der Waals surface area (Å²) >= 11 is 3.59. The van der Waals surface area contributed by atoms with Crippen LogP contribution in [0.1, 0.15) is 51.9 Å². The maximum absolute atomic E-state index is 10.1. The van der Waals surface area contributed by atoms with Gasteiger partial charge in [0.2, 0.25) is 0 Å². The van der Waals surface area contributed by atoms with E-state index in [-0.39, 0.29) is 11.5 Å². The molecule has 0 aromatic carbocycles. The summed E-state index contributed by atoms with van der Waals surface area (Å²) in [6, 6.07) is 0. The minimum atomic E-state index is -0.291. The second-order valence-corrected chi connectivity index (χ2v) is 6.93. The largest absolute Gasteiger partial charge is 0.393 e. The van der Waals surface area contributed by atoms with Crippen LogP contribution in [0.15, 0.2) is 4.47 Å². The molecule has 18 heavy (non-hydrogen) atoms. The van der Waals surface area contributed by atoms with Gasteiger partial charge < -0.3 is 5.11 Å². The Bertz CT molecular complexity index is 393. The molecule has 1 aromatic rings. The Hall–Kier alpha value is -0.350. The van der Waals surface area contributed by atoms with Crippen molar-refractivity contribution < 1.29 is 5.11 Å². The van der Waals surface area contributed by atoms with Crippen molar-refractivity contribution in [3.63, 3.8) is 0 Å². The number of hydrogen-bond acceptors (Lipinski definition) is 2. The minimum Gasteiger partial charge on any atom is -0.393 e. The average molecular weight is 317 g/mol. The molecule has 0 spiro atoms. The van der Waals surface area contributed by atoms with E-state index in [4.69, 9.17) is 0 Å². The van der Waals surface area contributed by atoms with Crippen LogP contribution in [-0.4, -0.2) is 21.0 Å². The minimum absolute atomic E-state index is 0.277. The number of hydrogen-bond donors (Lipinski definition) is 1. The third kappa shape index (κ3) is 4.39. The normalized spacial score (nSPS) is 13.9. The maximum atomic E-state index is 10.1. The summed E-state index contributed by atoms with van der Waals surface area (Å²) in [5.74, 6) is 0. The molecule has 3 nitrogen and oxygen atoms in total. The third-order valence-corrected chi connectivity index (χ3v) is 4.07. The molecule has 1 rings (SSSR count). The lowest BCUT2D eigenvalue weighted by Gasteiger charge is -2.20. The molecule has 4 heteroatoms. The fourth-order valence-electron chi connectivity index (χ4n) is 1.97. The number of halogens is 1. The Balaban J connectivity index is 2.64. The summed E-state index contributed by atoms with van der Waals surface area (Å²) in [4.78, 5) is 0. The monoisotopic (exact) mass is 316 g/mol. The zero-order valence-corrected chi connectivity index (χ0v) is 13.7. The topological polar surface area (TPSA) is 38.0 Å². The highest BCUT2D eigenvalue weighted by Crippen LogP contribution is 2.26. The first kappa shape index (κ1) is 15.7. The van der Waals surface area contributed by atoms with Gasteiger partial charge in [-0.1, -0.05) is 27.7 Å². The smallest absolute Gasteiger partial charge is 0.0766 e. The van der Waals surface area contributed by atoms with Crippen molar-refractivity contribution >= 4 is 15.9 Å². The molecule has 0 aliphatic rings. The molecule has 0 aliphatic heterocycles. The quantitative estimate of drug-likeness (QED) is 0.903. The molecule has 1 aromatic heterocycles. The van der Waals surface area contributed by atoms with Crippen molar-refractivity contribution in [3.05, 3.63) is 15.9 Å². The van der Waals surface area contributed by atoms with Gasteiger partial charge in [-0.25, -0.2) is 0 Å². The first-order valence-electron chi connectivity index (χ1n) is 6.63. The molecule has 0 amide bonds. The van der Waals surface area contributed by atoms with Crippen molar-refractivity contribution in [3.8, 4) is 0 Å². The lowest BCUT2D eigenvalue weighted by atomic mass is 9.88. The van der Waals surface area contributed by atoms with E-state index in [0.717, 1.165) is 35.1 Å². The summed E-state index contributed by atoms with van der Waals surface area (Å²) in [6.45, 7) is 8.70. The van der Waals surface area contributed by atoms with Crippen LogP contribution in [0, 0.1) is 5.41 Å². The molecule has 0 saturated heterocycles. The van der Waals surface area contributed by atoms with Gasteiger partial charge in [0.05, 0.1) is 22.0 Å².